The van der Waals surface area contributed by atoms with Gasteiger partial charge in [-0.25, -0.2) is 4.98 Å². The Morgan fingerprint density at radius 2 is 1.86 bits per heavy atom. The molecule has 0 aliphatic rings. The van der Waals surface area contributed by atoms with Crippen LogP contribution in [0.4, 0.5) is 18.9 Å². The molecule has 0 spiro atoms. The largest absolute Gasteiger partial charge is 0.433 e. The lowest BCUT2D eigenvalue weighted by Gasteiger charge is -2.12. The van der Waals surface area contributed by atoms with Gasteiger partial charge in [0.15, 0.2) is 0 Å². The van der Waals surface area contributed by atoms with E-state index in [0.29, 0.717) is 5.69 Å². The van der Waals surface area contributed by atoms with Crippen molar-refractivity contribution in [2.45, 2.75) is 20.0 Å². The first-order valence-electron chi connectivity index (χ1n) is 8.24. The molecule has 3 aromatic rings. The molecular weight excluding hydrogens is 482 g/mol. The van der Waals surface area contributed by atoms with Gasteiger partial charge in [-0.3, -0.25) is 9.78 Å². The summed E-state index contributed by atoms with van der Waals surface area (Å²) in [7, 11) is 0. The molecule has 3 rings (SSSR count). The first-order valence-corrected chi connectivity index (χ1v) is 9.32. The number of carbonyl (C=O) groups is 1. The van der Waals surface area contributed by atoms with Crippen LogP contribution in [0, 0.1) is 17.4 Å². The Labute approximate surface area is 173 Å². The highest BCUT2D eigenvalue weighted by atomic mass is 127. The number of aryl methyl sites for hydroxylation is 2. The maximum atomic E-state index is 12.8. The summed E-state index contributed by atoms with van der Waals surface area (Å²) >= 11 is 2.19. The van der Waals surface area contributed by atoms with Crippen molar-refractivity contribution in [2.75, 3.05) is 5.32 Å². The summed E-state index contributed by atoms with van der Waals surface area (Å²) < 4.78 is 39.2. The third-order valence-corrected chi connectivity index (χ3v) is 5.05. The standard InChI is InChI=1S/C20H15F3IN3O/c1-11-4-3-9-25-18(11)15-10-13(5-7-16(15)24)27-19(28)14-6-8-17(20(21,22)23)26-12(14)2/h3-10H,1-2H3,(H,27,28). The summed E-state index contributed by atoms with van der Waals surface area (Å²) in [6.07, 6.45) is -2.85. The van der Waals surface area contributed by atoms with E-state index in [9.17, 15) is 18.0 Å². The van der Waals surface area contributed by atoms with E-state index in [-0.39, 0.29) is 11.3 Å². The van der Waals surface area contributed by atoms with Gasteiger partial charge >= 0.3 is 6.18 Å². The van der Waals surface area contributed by atoms with E-state index in [2.05, 4.69) is 37.9 Å². The van der Waals surface area contributed by atoms with Crippen LogP contribution in [0.5, 0.6) is 0 Å². The number of hydrogen-bond acceptors (Lipinski definition) is 3. The van der Waals surface area contributed by atoms with Crippen molar-refractivity contribution in [1.29, 1.82) is 0 Å². The van der Waals surface area contributed by atoms with Gasteiger partial charge in [0.05, 0.1) is 17.0 Å². The van der Waals surface area contributed by atoms with E-state index >= 15 is 0 Å². The van der Waals surface area contributed by atoms with E-state index in [1.807, 2.05) is 25.1 Å². The highest BCUT2D eigenvalue weighted by Crippen LogP contribution is 2.30. The van der Waals surface area contributed by atoms with Crippen molar-refractivity contribution >= 4 is 34.2 Å². The molecule has 2 aromatic heterocycles. The fraction of sp³-hybridized carbons (Fsp3) is 0.150. The van der Waals surface area contributed by atoms with Gasteiger partial charge in [-0.1, -0.05) is 6.07 Å². The number of nitrogens with zero attached hydrogens (tertiary/aromatic N) is 2. The molecule has 28 heavy (non-hydrogen) atoms. The molecular formula is C20H15F3IN3O. The Hall–Kier alpha value is -2.49. The summed E-state index contributed by atoms with van der Waals surface area (Å²) in [6.45, 7) is 3.32. The first kappa shape index (κ1) is 20.2. The normalized spacial score (nSPS) is 11.4. The van der Waals surface area contributed by atoms with Gasteiger partial charge in [-0.2, -0.15) is 13.2 Å². The molecule has 4 nitrogen and oxygen atoms in total. The van der Waals surface area contributed by atoms with Crippen LogP contribution >= 0.6 is 22.6 Å². The summed E-state index contributed by atoms with van der Waals surface area (Å²) in [6, 6.07) is 11.1. The third-order valence-electron chi connectivity index (χ3n) is 4.11. The molecule has 1 N–H and O–H groups in total. The van der Waals surface area contributed by atoms with Crippen molar-refractivity contribution in [2.24, 2.45) is 0 Å². The van der Waals surface area contributed by atoms with Gasteiger partial charge < -0.3 is 5.32 Å². The lowest BCUT2D eigenvalue weighted by atomic mass is 10.1. The molecule has 0 saturated heterocycles. The number of rotatable bonds is 3. The van der Waals surface area contributed by atoms with Crippen LogP contribution < -0.4 is 5.32 Å². The monoisotopic (exact) mass is 497 g/mol. The average Bonchev–Trinajstić information content (AvgIpc) is 2.63. The number of alkyl halides is 3. The third kappa shape index (κ3) is 4.32. The van der Waals surface area contributed by atoms with Gasteiger partial charge in [0, 0.05) is 21.0 Å². The molecule has 0 bridgehead atoms. The number of pyridine rings is 2. The molecule has 2 heterocycles. The zero-order chi connectivity index (χ0) is 20.5. The van der Waals surface area contributed by atoms with Crippen molar-refractivity contribution in [3.8, 4) is 11.3 Å². The summed E-state index contributed by atoms with van der Waals surface area (Å²) in [5.74, 6) is -0.524. The van der Waals surface area contributed by atoms with Crippen LogP contribution in [0.3, 0.4) is 0 Å². The fourth-order valence-corrected chi connectivity index (χ4v) is 3.30. The predicted octanol–water partition coefficient (Wildman–Crippen LogP) is 5.64. The number of benzene rings is 1. The summed E-state index contributed by atoms with van der Waals surface area (Å²) in [5, 5.41) is 2.72. The highest BCUT2D eigenvalue weighted by molar-refractivity contribution is 14.1. The van der Waals surface area contributed by atoms with Crippen LogP contribution in [0.1, 0.15) is 27.3 Å². The molecule has 0 atom stereocenters. The zero-order valence-electron chi connectivity index (χ0n) is 14.9. The molecule has 0 aliphatic carbocycles. The smallest absolute Gasteiger partial charge is 0.322 e. The fourth-order valence-electron chi connectivity index (χ4n) is 2.71. The van der Waals surface area contributed by atoms with Crippen LogP contribution in [-0.2, 0) is 6.18 Å². The maximum Gasteiger partial charge on any atom is 0.433 e. The Balaban J connectivity index is 1.90. The molecule has 0 aliphatic heterocycles. The number of carbonyl (C=O) groups excluding carboxylic acids is 1. The quantitative estimate of drug-likeness (QED) is 0.477. The van der Waals surface area contributed by atoms with Gasteiger partial charge in [-0.05, 0) is 78.4 Å². The second-order valence-corrected chi connectivity index (χ2v) is 7.31. The summed E-state index contributed by atoms with van der Waals surface area (Å²) in [4.78, 5) is 20.4. The number of anilines is 1. The topological polar surface area (TPSA) is 54.9 Å². The van der Waals surface area contributed by atoms with Gasteiger partial charge in [0.1, 0.15) is 5.69 Å². The van der Waals surface area contributed by atoms with E-state index in [0.717, 1.165) is 32.5 Å². The highest BCUT2D eigenvalue weighted by Gasteiger charge is 2.33. The summed E-state index contributed by atoms with van der Waals surface area (Å²) in [5.41, 5.74) is 2.25. The second kappa shape index (κ2) is 7.86. The molecule has 0 saturated carbocycles. The molecule has 0 fully saturated rings. The van der Waals surface area contributed by atoms with Gasteiger partial charge in [0.2, 0.25) is 0 Å². The average molecular weight is 497 g/mol. The van der Waals surface area contributed by atoms with Crippen molar-refractivity contribution in [3.05, 3.63) is 74.7 Å². The van der Waals surface area contributed by atoms with Crippen LogP contribution in [0.25, 0.3) is 11.3 Å². The van der Waals surface area contributed by atoms with E-state index in [1.165, 1.54) is 6.92 Å². The lowest BCUT2D eigenvalue weighted by molar-refractivity contribution is -0.141. The van der Waals surface area contributed by atoms with Crippen LogP contribution in [-0.4, -0.2) is 15.9 Å². The predicted molar refractivity (Wildman–Crippen MR) is 109 cm³/mol. The number of aromatic nitrogens is 2. The van der Waals surface area contributed by atoms with Crippen molar-refractivity contribution in [1.82, 2.24) is 9.97 Å². The molecule has 0 radical (unpaired) electrons. The van der Waals surface area contributed by atoms with Crippen molar-refractivity contribution < 1.29 is 18.0 Å². The Bertz CT molecular complexity index is 1050. The van der Waals surface area contributed by atoms with E-state index in [4.69, 9.17) is 0 Å². The Morgan fingerprint density at radius 3 is 2.50 bits per heavy atom. The molecule has 144 valence electrons. The second-order valence-electron chi connectivity index (χ2n) is 6.14. The lowest BCUT2D eigenvalue weighted by Crippen LogP contribution is -2.16. The molecule has 8 heteroatoms. The molecule has 1 amide bonds. The maximum absolute atomic E-state index is 12.8. The van der Waals surface area contributed by atoms with Crippen LogP contribution in [0.15, 0.2) is 48.7 Å². The molecule has 1 aromatic carbocycles. The zero-order valence-corrected chi connectivity index (χ0v) is 17.1. The number of amides is 1. The SMILES string of the molecule is Cc1cccnc1-c1cc(NC(=O)c2ccc(C(F)(F)F)nc2C)ccc1I. The molecule has 0 unspecified atom stereocenters. The Morgan fingerprint density at radius 1 is 1.11 bits per heavy atom. The number of hydrogen-bond donors (Lipinski definition) is 1. The van der Waals surface area contributed by atoms with Crippen molar-refractivity contribution in [3.63, 3.8) is 0 Å². The van der Waals surface area contributed by atoms with E-state index < -0.39 is 17.8 Å². The minimum Gasteiger partial charge on any atom is -0.322 e. The van der Waals surface area contributed by atoms with E-state index in [1.54, 1.807) is 18.3 Å². The minimum atomic E-state index is -4.55. The first-order chi connectivity index (χ1) is 13.2. The van der Waals surface area contributed by atoms with Gasteiger partial charge in [-0.15, -0.1) is 0 Å². The minimum absolute atomic E-state index is 0.0126. The van der Waals surface area contributed by atoms with Gasteiger partial charge in [0.25, 0.3) is 5.91 Å². The Kier molecular flexibility index (Phi) is 5.69. The number of nitrogens with one attached hydrogen (secondary N) is 1. The van der Waals surface area contributed by atoms with Crippen LogP contribution in [0.2, 0.25) is 0 Å². The number of halogens is 4.